The smallest absolute Gasteiger partial charge is 0.255 e. The van der Waals surface area contributed by atoms with Crippen LogP contribution < -0.4 is 0 Å². The zero-order valence-electron chi connectivity index (χ0n) is 15.0. The number of aromatic nitrogens is 4. The summed E-state index contributed by atoms with van der Waals surface area (Å²) in [4.78, 5) is 23.0. The van der Waals surface area contributed by atoms with E-state index in [-0.39, 0.29) is 5.91 Å². The van der Waals surface area contributed by atoms with Crippen molar-refractivity contribution < 1.29 is 4.79 Å². The molecule has 134 valence electrons. The molecule has 0 atom stereocenters. The van der Waals surface area contributed by atoms with Crippen LogP contribution in [0.15, 0.2) is 73.3 Å². The minimum Gasteiger partial charge on any atom is -0.337 e. The third kappa shape index (κ3) is 3.69. The number of fused-ring (bicyclic) bond motifs is 1. The Kier molecular flexibility index (Phi) is 4.61. The van der Waals surface area contributed by atoms with Crippen LogP contribution in [-0.4, -0.2) is 37.6 Å². The number of carbonyl (C=O) groups excluding carboxylic acids is 1. The largest absolute Gasteiger partial charge is 0.337 e. The molecule has 3 heterocycles. The van der Waals surface area contributed by atoms with Crippen molar-refractivity contribution in [3.63, 3.8) is 0 Å². The van der Waals surface area contributed by atoms with Crippen LogP contribution in [0, 0.1) is 0 Å². The third-order valence-electron chi connectivity index (χ3n) is 4.39. The maximum atomic E-state index is 12.7. The summed E-state index contributed by atoms with van der Waals surface area (Å²) in [5, 5.41) is 5.28. The zero-order valence-corrected chi connectivity index (χ0v) is 15.0. The molecule has 0 aliphatic carbocycles. The van der Waals surface area contributed by atoms with E-state index in [1.807, 2.05) is 41.1 Å². The lowest BCUT2D eigenvalue weighted by Crippen LogP contribution is -2.26. The first kappa shape index (κ1) is 16.9. The van der Waals surface area contributed by atoms with Crippen LogP contribution in [0.1, 0.15) is 21.5 Å². The fourth-order valence-electron chi connectivity index (χ4n) is 3.02. The van der Waals surface area contributed by atoms with E-state index in [4.69, 9.17) is 0 Å². The van der Waals surface area contributed by atoms with Gasteiger partial charge in [0.1, 0.15) is 0 Å². The van der Waals surface area contributed by atoms with Gasteiger partial charge in [0.15, 0.2) is 5.65 Å². The summed E-state index contributed by atoms with van der Waals surface area (Å²) in [6, 6.07) is 15.8. The quantitative estimate of drug-likeness (QED) is 0.550. The number of rotatable bonds is 5. The van der Waals surface area contributed by atoms with Crippen LogP contribution >= 0.6 is 0 Å². The highest BCUT2D eigenvalue weighted by molar-refractivity contribution is 5.96. The Hall–Kier alpha value is -3.54. The van der Waals surface area contributed by atoms with Crippen LogP contribution in [-0.2, 0) is 13.1 Å². The molecule has 1 aromatic carbocycles. The van der Waals surface area contributed by atoms with Gasteiger partial charge in [-0.05, 0) is 23.3 Å². The molecule has 27 heavy (non-hydrogen) atoms. The second kappa shape index (κ2) is 7.37. The molecule has 0 saturated heterocycles. The van der Waals surface area contributed by atoms with Gasteiger partial charge in [-0.2, -0.15) is 5.10 Å². The summed E-state index contributed by atoms with van der Waals surface area (Å²) in [5.74, 6) is -0.0796. The van der Waals surface area contributed by atoms with Gasteiger partial charge < -0.3 is 4.90 Å². The Morgan fingerprint density at radius 1 is 1.04 bits per heavy atom. The fraction of sp³-hybridized carbons (Fsp3) is 0.143. The number of nitrogens with zero attached hydrogens (tertiary/aromatic N) is 5. The minimum atomic E-state index is -0.0796. The molecule has 0 radical (unpaired) electrons. The third-order valence-corrected chi connectivity index (χ3v) is 4.39. The van der Waals surface area contributed by atoms with E-state index in [0.29, 0.717) is 18.7 Å². The molecule has 0 bridgehead atoms. The van der Waals surface area contributed by atoms with Crippen molar-refractivity contribution in [2.24, 2.45) is 0 Å². The Bertz CT molecular complexity index is 1060. The van der Waals surface area contributed by atoms with Gasteiger partial charge >= 0.3 is 0 Å². The predicted octanol–water partition coefficient (Wildman–Crippen LogP) is 3.15. The van der Waals surface area contributed by atoms with Gasteiger partial charge in [0.05, 0.1) is 18.3 Å². The normalized spacial score (nSPS) is 10.9. The molecule has 3 aromatic heterocycles. The van der Waals surface area contributed by atoms with Crippen molar-refractivity contribution in [3.05, 3.63) is 90.0 Å². The average Bonchev–Trinajstić information content (AvgIpc) is 3.11. The van der Waals surface area contributed by atoms with Crippen molar-refractivity contribution in [2.45, 2.75) is 13.1 Å². The van der Waals surface area contributed by atoms with E-state index in [0.717, 1.165) is 22.2 Å². The van der Waals surface area contributed by atoms with Gasteiger partial charge in [0.25, 0.3) is 5.91 Å². The predicted molar refractivity (Wildman–Crippen MR) is 103 cm³/mol. The van der Waals surface area contributed by atoms with Gasteiger partial charge in [-0.25, -0.2) is 9.67 Å². The van der Waals surface area contributed by atoms with Gasteiger partial charge in [0, 0.05) is 37.6 Å². The first-order chi connectivity index (χ1) is 13.2. The monoisotopic (exact) mass is 357 g/mol. The number of amides is 1. The highest BCUT2D eigenvalue weighted by Crippen LogP contribution is 2.16. The molecule has 0 unspecified atom stereocenters. The molecule has 0 aliphatic rings. The van der Waals surface area contributed by atoms with Crippen LogP contribution in [0.25, 0.3) is 11.0 Å². The molecular weight excluding hydrogens is 338 g/mol. The van der Waals surface area contributed by atoms with Crippen LogP contribution in [0.5, 0.6) is 0 Å². The number of pyridine rings is 2. The molecule has 6 nitrogen and oxygen atoms in total. The summed E-state index contributed by atoms with van der Waals surface area (Å²) in [5.41, 5.74) is 3.46. The highest BCUT2D eigenvalue weighted by Gasteiger charge is 2.15. The summed E-state index contributed by atoms with van der Waals surface area (Å²) >= 11 is 0. The maximum Gasteiger partial charge on any atom is 0.255 e. The van der Waals surface area contributed by atoms with E-state index in [2.05, 4.69) is 27.2 Å². The SMILES string of the molecule is CN(Cc1cccnc1)C(=O)c1cnc2c(cnn2Cc2ccccc2)c1. The van der Waals surface area contributed by atoms with Crippen molar-refractivity contribution in [1.29, 1.82) is 0 Å². The molecule has 0 fully saturated rings. The Labute approximate surface area is 157 Å². The van der Waals surface area contributed by atoms with E-state index in [9.17, 15) is 4.79 Å². The maximum absolute atomic E-state index is 12.7. The van der Waals surface area contributed by atoms with E-state index in [1.165, 1.54) is 0 Å². The van der Waals surface area contributed by atoms with Gasteiger partial charge in [-0.1, -0.05) is 36.4 Å². The number of hydrogen-bond acceptors (Lipinski definition) is 4. The van der Waals surface area contributed by atoms with Gasteiger partial charge in [-0.3, -0.25) is 9.78 Å². The first-order valence-electron chi connectivity index (χ1n) is 8.70. The van der Waals surface area contributed by atoms with Crippen LogP contribution in [0.2, 0.25) is 0 Å². The molecule has 1 amide bonds. The van der Waals surface area contributed by atoms with Crippen molar-refractivity contribution in [3.8, 4) is 0 Å². The number of hydrogen-bond donors (Lipinski definition) is 0. The topological polar surface area (TPSA) is 63.9 Å². The standard InChI is InChI=1S/C21H19N5O/c1-25(14-17-8-5-9-22-11-17)21(27)19-10-18-13-24-26(20(18)23-12-19)15-16-6-3-2-4-7-16/h2-13H,14-15H2,1H3. The Morgan fingerprint density at radius 3 is 2.63 bits per heavy atom. The van der Waals surface area contributed by atoms with Crippen molar-refractivity contribution >= 4 is 16.9 Å². The molecule has 0 aliphatic heterocycles. The van der Waals surface area contributed by atoms with E-state index >= 15 is 0 Å². The molecule has 0 saturated carbocycles. The van der Waals surface area contributed by atoms with Crippen molar-refractivity contribution in [2.75, 3.05) is 7.05 Å². The summed E-state index contributed by atoms with van der Waals surface area (Å²) in [7, 11) is 1.78. The van der Waals surface area contributed by atoms with E-state index < -0.39 is 0 Å². The number of carbonyl (C=O) groups is 1. The second-order valence-electron chi connectivity index (χ2n) is 6.45. The van der Waals surface area contributed by atoms with Crippen LogP contribution in [0.4, 0.5) is 0 Å². The zero-order chi connectivity index (χ0) is 18.6. The lowest BCUT2D eigenvalue weighted by Gasteiger charge is -2.17. The molecule has 4 aromatic rings. The fourth-order valence-corrected chi connectivity index (χ4v) is 3.02. The summed E-state index contributed by atoms with van der Waals surface area (Å²) in [6.45, 7) is 1.14. The highest BCUT2D eigenvalue weighted by atomic mass is 16.2. The molecular formula is C21H19N5O. The molecule has 0 spiro atoms. The summed E-state index contributed by atoms with van der Waals surface area (Å²) < 4.78 is 1.85. The van der Waals surface area contributed by atoms with Gasteiger partial charge in [0.2, 0.25) is 0 Å². The van der Waals surface area contributed by atoms with Gasteiger partial charge in [-0.15, -0.1) is 0 Å². The molecule has 4 rings (SSSR count). The van der Waals surface area contributed by atoms with Crippen molar-refractivity contribution in [1.82, 2.24) is 24.6 Å². The summed E-state index contributed by atoms with van der Waals surface area (Å²) in [6.07, 6.45) is 6.85. The lowest BCUT2D eigenvalue weighted by molar-refractivity contribution is 0.0785. The van der Waals surface area contributed by atoms with E-state index in [1.54, 1.807) is 36.7 Å². The second-order valence-corrected chi connectivity index (χ2v) is 6.45. The lowest BCUT2D eigenvalue weighted by atomic mass is 10.2. The first-order valence-corrected chi connectivity index (χ1v) is 8.70. The molecule has 6 heteroatoms. The number of benzene rings is 1. The van der Waals surface area contributed by atoms with Crippen LogP contribution in [0.3, 0.4) is 0 Å². The minimum absolute atomic E-state index is 0.0796. The Morgan fingerprint density at radius 2 is 1.85 bits per heavy atom. The molecule has 0 N–H and O–H groups in total. The Balaban J connectivity index is 1.54. The average molecular weight is 357 g/mol.